The van der Waals surface area contributed by atoms with Gasteiger partial charge >= 0.3 is 0 Å². The minimum absolute atomic E-state index is 0.156. The molecule has 3 aromatic rings. The Morgan fingerprint density at radius 3 is 2.33 bits per heavy atom. The highest BCUT2D eigenvalue weighted by atomic mass is 32.1. The van der Waals surface area contributed by atoms with Gasteiger partial charge in [0.2, 0.25) is 4.96 Å². The summed E-state index contributed by atoms with van der Waals surface area (Å²) in [6.07, 6.45) is 3.71. The topological polar surface area (TPSA) is 83.7 Å². The van der Waals surface area contributed by atoms with E-state index in [9.17, 15) is 9.59 Å². The lowest BCUT2D eigenvalue weighted by molar-refractivity contribution is 0.0642. The van der Waals surface area contributed by atoms with Gasteiger partial charge in [0.25, 0.3) is 11.8 Å². The molecule has 2 amide bonds. The van der Waals surface area contributed by atoms with Crippen molar-refractivity contribution in [2.24, 2.45) is 0 Å². The van der Waals surface area contributed by atoms with Crippen LogP contribution < -0.4 is 0 Å². The fourth-order valence-corrected chi connectivity index (χ4v) is 4.54. The van der Waals surface area contributed by atoms with E-state index < -0.39 is 0 Å². The maximum atomic E-state index is 12.5. The first-order valence-corrected chi connectivity index (χ1v) is 9.90. The molecule has 9 heteroatoms. The number of amides is 2. The van der Waals surface area contributed by atoms with Crippen molar-refractivity contribution in [3.05, 3.63) is 46.2 Å². The van der Waals surface area contributed by atoms with Crippen LogP contribution in [0.1, 0.15) is 50.8 Å². The molecule has 2 aliphatic rings. The van der Waals surface area contributed by atoms with Crippen molar-refractivity contribution in [1.82, 2.24) is 29.6 Å². The van der Waals surface area contributed by atoms with E-state index in [1.807, 2.05) is 0 Å². The molecule has 138 valence electrons. The van der Waals surface area contributed by atoms with Gasteiger partial charge in [-0.2, -0.15) is 9.61 Å². The summed E-state index contributed by atoms with van der Waals surface area (Å²) >= 11 is 1.36. The number of hydrogen-bond donors (Lipinski definition) is 0. The smallest absolute Gasteiger partial charge is 0.261 e. The van der Waals surface area contributed by atoms with E-state index in [0.29, 0.717) is 21.1 Å². The third kappa shape index (κ3) is 2.83. The predicted molar refractivity (Wildman–Crippen MR) is 98.4 cm³/mol. The highest BCUT2D eigenvalue weighted by molar-refractivity contribution is 7.16. The number of aromatic nitrogens is 4. The number of imide groups is 1. The van der Waals surface area contributed by atoms with Gasteiger partial charge in [0.05, 0.1) is 24.2 Å². The van der Waals surface area contributed by atoms with Crippen molar-refractivity contribution in [1.29, 1.82) is 0 Å². The first kappa shape index (κ1) is 16.5. The molecule has 0 bridgehead atoms. The van der Waals surface area contributed by atoms with E-state index in [2.05, 4.69) is 20.2 Å². The number of fused-ring (bicyclic) bond motifs is 2. The molecule has 2 aliphatic heterocycles. The van der Waals surface area contributed by atoms with Crippen LogP contribution >= 0.6 is 11.3 Å². The van der Waals surface area contributed by atoms with Gasteiger partial charge in [-0.15, -0.1) is 10.2 Å². The van der Waals surface area contributed by atoms with Gasteiger partial charge in [0.1, 0.15) is 5.01 Å². The van der Waals surface area contributed by atoms with Crippen LogP contribution in [-0.2, 0) is 13.1 Å². The molecule has 8 nitrogen and oxygen atoms in total. The van der Waals surface area contributed by atoms with Crippen LogP contribution in [-0.4, -0.2) is 54.5 Å². The lowest BCUT2D eigenvalue weighted by atomic mass is 10.1. The SMILES string of the molecule is O=C1c2ccccc2C(=O)N1Cc1nn2c(CN3CCCCC3)nnc2s1. The van der Waals surface area contributed by atoms with Gasteiger partial charge in [-0.25, -0.2) is 0 Å². The maximum Gasteiger partial charge on any atom is 0.261 e. The number of rotatable bonds is 4. The predicted octanol–water partition coefficient (Wildman–Crippen LogP) is 1.97. The number of likely N-dealkylation sites (tertiary alicyclic amines) is 1. The maximum absolute atomic E-state index is 12.5. The third-order valence-corrected chi connectivity index (χ3v) is 5.97. The Labute approximate surface area is 159 Å². The van der Waals surface area contributed by atoms with Gasteiger partial charge < -0.3 is 0 Å². The Balaban J connectivity index is 1.37. The average Bonchev–Trinajstić information content (AvgIpc) is 3.33. The Bertz CT molecular complexity index is 1000. The van der Waals surface area contributed by atoms with Crippen molar-refractivity contribution >= 4 is 28.1 Å². The molecule has 0 N–H and O–H groups in total. The second-order valence-electron chi connectivity index (χ2n) is 6.89. The quantitative estimate of drug-likeness (QED) is 0.642. The number of carbonyl (C=O) groups is 2. The third-order valence-electron chi connectivity index (χ3n) is 5.08. The molecular formula is C18H18N6O2S. The molecule has 5 rings (SSSR count). The summed E-state index contributed by atoms with van der Waals surface area (Å²) < 4.78 is 1.74. The van der Waals surface area contributed by atoms with Crippen LogP contribution in [0.3, 0.4) is 0 Å². The highest BCUT2D eigenvalue weighted by Gasteiger charge is 2.35. The van der Waals surface area contributed by atoms with Crippen LogP contribution in [0, 0.1) is 0 Å². The van der Waals surface area contributed by atoms with Crippen LogP contribution in [0.15, 0.2) is 24.3 Å². The molecule has 4 heterocycles. The fourth-order valence-electron chi connectivity index (χ4n) is 3.70. The Hall–Kier alpha value is -2.65. The zero-order chi connectivity index (χ0) is 18.4. The lowest BCUT2D eigenvalue weighted by Gasteiger charge is -2.25. The normalized spacial score (nSPS) is 17.9. The van der Waals surface area contributed by atoms with E-state index >= 15 is 0 Å². The zero-order valence-corrected chi connectivity index (χ0v) is 15.5. The number of benzene rings is 1. The Kier molecular flexibility index (Phi) is 3.98. The summed E-state index contributed by atoms with van der Waals surface area (Å²) in [4.78, 5) is 29.4. The summed E-state index contributed by atoms with van der Waals surface area (Å²) in [5.41, 5.74) is 0.910. The van der Waals surface area contributed by atoms with Crippen molar-refractivity contribution < 1.29 is 9.59 Å². The number of piperidine rings is 1. The van der Waals surface area contributed by atoms with Gasteiger partial charge in [-0.3, -0.25) is 19.4 Å². The Morgan fingerprint density at radius 2 is 1.63 bits per heavy atom. The average molecular weight is 382 g/mol. The van der Waals surface area contributed by atoms with E-state index in [0.717, 1.165) is 25.5 Å². The zero-order valence-electron chi connectivity index (χ0n) is 14.7. The first-order valence-electron chi connectivity index (χ1n) is 9.08. The molecule has 0 spiro atoms. The molecule has 0 atom stereocenters. The number of hydrogen-bond acceptors (Lipinski definition) is 7. The van der Waals surface area contributed by atoms with E-state index in [4.69, 9.17) is 0 Å². The Morgan fingerprint density at radius 1 is 0.926 bits per heavy atom. The molecule has 1 fully saturated rings. The lowest BCUT2D eigenvalue weighted by Crippen LogP contribution is -2.30. The van der Waals surface area contributed by atoms with Gasteiger partial charge in [-0.05, 0) is 38.1 Å². The number of carbonyl (C=O) groups excluding carboxylic acids is 2. The fraction of sp³-hybridized carbons (Fsp3) is 0.389. The van der Waals surface area contributed by atoms with E-state index in [1.165, 1.54) is 35.5 Å². The summed E-state index contributed by atoms with van der Waals surface area (Å²) in [5.74, 6) is 0.266. The minimum atomic E-state index is -0.268. The monoisotopic (exact) mass is 382 g/mol. The summed E-state index contributed by atoms with van der Waals surface area (Å²) in [5, 5.41) is 13.7. The molecular weight excluding hydrogens is 364 g/mol. The standard InChI is InChI=1S/C18H18N6O2S/c25-16-12-6-2-3-7-13(12)17(26)23(16)11-15-21-24-14(19-20-18(24)27-15)10-22-8-4-1-5-9-22/h2-3,6-7H,1,4-5,8-11H2. The highest BCUT2D eigenvalue weighted by Crippen LogP contribution is 2.26. The summed E-state index contributed by atoms with van der Waals surface area (Å²) in [7, 11) is 0. The van der Waals surface area contributed by atoms with Crippen LogP contribution in [0.4, 0.5) is 0 Å². The van der Waals surface area contributed by atoms with Crippen LogP contribution in [0.2, 0.25) is 0 Å². The minimum Gasteiger partial charge on any atom is -0.296 e. The van der Waals surface area contributed by atoms with Gasteiger partial charge in [0.15, 0.2) is 5.82 Å². The molecule has 0 unspecified atom stereocenters. The molecule has 1 saturated heterocycles. The van der Waals surface area contributed by atoms with Crippen molar-refractivity contribution in [3.8, 4) is 0 Å². The van der Waals surface area contributed by atoms with Crippen molar-refractivity contribution in [2.75, 3.05) is 13.1 Å². The van der Waals surface area contributed by atoms with Crippen LogP contribution in [0.25, 0.3) is 4.96 Å². The first-order chi connectivity index (χ1) is 13.2. The van der Waals surface area contributed by atoms with E-state index in [-0.39, 0.29) is 18.4 Å². The molecule has 0 saturated carbocycles. The summed E-state index contributed by atoms with van der Waals surface area (Å²) in [6, 6.07) is 6.91. The largest absolute Gasteiger partial charge is 0.296 e. The number of nitrogens with zero attached hydrogens (tertiary/aromatic N) is 6. The molecule has 0 radical (unpaired) electrons. The van der Waals surface area contributed by atoms with Gasteiger partial charge in [-0.1, -0.05) is 29.9 Å². The van der Waals surface area contributed by atoms with E-state index in [1.54, 1.807) is 28.8 Å². The molecule has 0 aliphatic carbocycles. The second kappa shape index (κ2) is 6.50. The molecule has 1 aromatic carbocycles. The molecule has 2 aromatic heterocycles. The second-order valence-corrected chi connectivity index (χ2v) is 7.93. The van der Waals surface area contributed by atoms with Crippen LogP contribution in [0.5, 0.6) is 0 Å². The molecule has 27 heavy (non-hydrogen) atoms. The van der Waals surface area contributed by atoms with Gasteiger partial charge in [0, 0.05) is 0 Å². The van der Waals surface area contributed by atoms with Crippen molar-refractivity contribution in [3.63, 3.8) is 0 Å². The van der Waals surface area contributed by atoms with Crippen molar-refractivity contribution in [2.45, 2.75) is 32.4 Å². The summed E-state index contributed by atoms with van der Waals surface area (Å²) in [6.45, 7) is 3.02.